The van der Waals surface area contributed by atoms with Crippen LogP contribution in [0.25, 0.3) is 11.2 Å². The topological polar surface area (TPSA) is 173 Å². The van der Waals surface area contributed by atoms with Gasteiger partial charge in [0, 0.05) is 6.42 Å². The number of nitrogens with two attached hydrogens (primary N) is 1. The smallest absolute Gasteiger partial charge is 0.459 e. The number of rotatable bonds is 25. The zero-order valence-electron chi connectivity index (χ0n) is 32.8. The molecule has 0 radical (unpaired) electrons. The molecule has 4 aromatic rings. The minimum atomic E-state index is -4.47. The number of imidazole rings is 1. The number of esters is 1. The fraction of sp³-hybridized carbons (Fsp3) is 0.524. The highest BCUT2D eigenvalue weighted by molar-refractivity contribution is 7.52. The van der Waals surface area contributed by atoms with Crippen LogP contribution in [0.15, 0.2) is 67.0 Å². The Kier molecular flexibility index (Phi) is 16.8. The second-order valence-corrected chi connectivity index (χ2v) is 16.2. The van der Waals surface area contributed by atoms with Crippen molar-refractivity contribution in [3.63, 3.8) is 0 Å². The van der Waals surface area contributed by atoms with E-state index in [4.69, 9.17) is 30.7 Å². The molecule has 3 heterocycles. The molecule has 0 aliphatic carbocycles. The first-order valence-corrected chi connectivity index (χ1v) is 21.7. The summed E-state index contributed by atoms with van der Waals surface area (Å²) >= 11 is 0. The molecule has 4 N–H and O–H groups in total. The van der Waals surface area contributed by atoms with Crippen molar-refractivity contribution in [1.29, 1.82) is 0 Å². The fourth-order valence-electron chi connectivity index (χ4n) is 6.85. The van der Waals surface area contributed by atoms with Gasteiger partial charge in [-0.05, 0) is 30.5 Å². The second-order valence-electron chi connectivity index (χ2n) is 14.5. The van der Waals surface area contributed by atoms with Gasteiger partial charge in [0.05, 0.1) is 12.9 Å². The first kappa shape index (κ1) is 43.7. The number of carbonyl (C=O) groups excluding carboxylic acids is 1. The summed E-state index contributed by atoms with van der Waals surface area (Å²) in [6.07, 6.45) is 19.5. The average Bonchev–Trinajstić information content (AvgIpc) is 3.78. The Morgan fingerprint density at radius 2 is 1.63 bits per heavy atom. The van der Waals surface area contributed by atoms with Crippen molar-refractivity contribution < 1.29 is 37.4 Å². The van der Waals surface area contributed by atoms with Crippen molar-refractivity contribution in [1.82, 2.24) is 24.6 Å². The minimum Gasteiger partial charge on any atom is -0.465 e. The Labute approximate surface area is 334 Å². The molecular weight excluding hydrogens is 750 g/mol. The van der Waals surface area contributed by atoms with E-state index in [0.29, 0.717) is 6.42 Å². The van der Waals surface area contributed by atoms with E-state index in [-0.39, 0.29) is 42.2 Å². The van der Waals surface area contributed by atoms with Crippen LogP contribution in [0.3, 0.4) is 0 Å². The molecule has 0 saturated carbocycles. The third kappa shape index (κ3) is 12.8. The Balaban J connectivity index is 1.22. The van der Waals surface area contributed by atoms with Crippen LogP contribution in [0.5, 0.6) is 5.75 Å². The lowest BCUT2D eigenvalue weighted by atomic mass is 9.99. The van der Waals surface area contributed by atoms with E-state index < -0.39 is 50.4 Å². The summed E-state index contributed by atoms with van der Waals surface area (Å²) in [5.74, 6) is 1.86. The Hall–Kier alpha value is -4.38. The SMILES string of the molecule is C#C[C@]1(CO[P@@](=O)(N[C@@H](Cc2ccccc2)C(=O)OCCCCCCCCCCCCCCC)Oc2ccccc2)O[C@@H](n2cnc3c(N)nc(F)nc32)C[C@@H]1O. The van der Waals surface area contributed by atoms with E-state index in [1.165, 1.54) is 68.7 Å². The summed E-state index contributed by atoms with van der Waals surface area (Å²) in [6, 6.07) is 16.4. The Bertz CT molecular complexity index is 1930. The van der Waals surface area contributed by atoms with Crippen LogP contribution in [-0.2, 0) is 29.8 Å². The Morgan fingerprint density at radius 1 is 1.02 bits per heavy atom. The molecule has 1 aliphatic heterocycles. The van der Waals surface area contributed by atoms with Crippen LogP contribution in [0, 0.1) is 18.4 Å². The molecule has 0 bridgehead atoms. The van der Waals surface area contributed by atoms with Gasteiger partial charge in [0.2, 0.25) is 0 Å². The van der Waals surface area contributed by atoms with Gasteiger partial charge in [-0.1, -0.05) is 138 Å². The molecule has 0 unspecified atom stereocenters. The van der Waals surface area contributed by atoms with Crippen molar-refractivity contribution in [3.05, 3.63) is 78.6 Å². The maximum atomic E-state index is 14.7. The van der Waals surface area contributed by atoms with E-state index in [9.17, 15) is 18.9 Å². The van der Waals surface area contributed by atoms with Crippen LogP contribution in [0.1, 0.15) is 109 Å². The maximum Gasteiger partial charge on any atom is 0.459 e. The number of aliphatic hydroxyl groups excluding tert-OH is 1. The third-order valence-corrected chi connectivity index (χ3v) is 11.6. The van der Waals surface area contributed by atoms with Crippen LogP contribution in [0.4, 0.5) is 10.2 Å². The molecule has 5 atom stereocenters. The number of ether oxygens (including phenoxy) is 2. The van der Waals surface area contributed by atoms with Crippen LogP contribution in [0.2, 0.25) is 0 Å². The van der Waals surface area contributed by atoms with Crippen LogP contribution in [-0.4, -0.2) is 61.6 Å². The number of fused-ring (bicyclic) bond motifs is 1. The summed E-state index contributed by atoms with van der Waals surface area (Å²) in [5, 5.41) is 14.1. The lowest BCUT2D eigenvalue weighted by Crippen LogP contribution is -2.44. The van der Waals surface area contributed by atoms with Gasteiger partial charge >= 0.3 is 19.8 Å². The number of nitrogen functional groups attached to an aromatic ring is 1. The molecule has 2 aromatic carbocycles. The summed E-state index contributed by atoms with van der Waals surface area (Å²) in [5.41, 5.74) is 4.94. The minimum absolute atomic E-state index is 0.0340. The molecule has 15 heteroatoms. The number of aliphatic hydroxyl groups is 1. The highest BCUT2D eigenvalue weighted by Gasteiger charge is 2.50. The van der Waals surface area contributed by atoms with Crippen molar-refractivity contribution in [2.24, 2.45) is 0 Å². The normalized spacial score (nSPS) is 19.5. The molecule has 13 nitrogen and oxygen atoms in total. The standard InChI is InChI=1S/C42H56FN6O7P/c1-3-5-6-7-8-9-10-11-12-13-14-15-22-27-53-40(51)34(28-32-23-18-16-19-24-32)48-57(52,56-33-25-20-17-21-26-33)54-30-42(4-2)35(50)29-36(55-42)49-31-45-37-38(44)46-41(43)47-39(37)49/h2,16-21,23-26,31,34-36,50H,3,5-15,22,27-30H2,1H3,(H,48,52)(H2,44,46,47)/t34-,35-,36+,42+,57-/m0/s1. The van der Waals surface area contributed by atoms with E-state index >= 15 is 0 Å². The number of para-hydroxylation sites is 1. The number of unbranched alkanes of at least 4 members (excludes halogenated alkanes) is 12. The van der Waals surface area contributed by atoms with Gasteiger partial charge in [-0.25, -0.2) is 9.55 Å². The van der Waals surface area contributed by atoms with Crippen molar-refractivity contribution >= 4 is 30.7 Å². The molecule has 308 valence electrons. The van der Waals surface area contributed by atoms with E-state index in [2.05, 4.69) is 32.9 Å². The van der Waals surface area contributed by atoms with Gasteiger partial charge in [-0.2, -0.15) is 19.4 Å². The van der Waals surface area contributed by atoms with E-state index in [1.807, 2.05) is 30.3 Å². The summed E-state index contributed by atoms with van der Waals surface area (Å²) in [4.78, 5) is 25.1. The number of nitrogens with zero attached hydrogens (tertiary/aromatic N) is 4. The number of hydrogen-bond donors (Lipinski definition) is 3. The Morgan fingerprint density at radius 3 is 2.26 bits per heavy atom. The fourth-order valence-corrected chi connectivity index (χ4v) is 8.37. The molecule has 1 aliphatic rings. The number of hydrogen-bond acceptors (Lipinski definition) is 11. The molecule has 1 saturated heterocycles. The number of halogens is 1. The monoisotopic (exact) mass is 806 g/mol. The van der Waals surface area contributed by atoms with Crippen LogP contribution >= 0.6 is 7.75 Å². The van der Waals surface area contributed by atoms with E-state index in [1.54, 1.807) is 30.3 Å². The predicted octanol–water partition coefficient (Wildman–Crippen LogP) is 8.24. The van der Waals surface area contributed by atoms with E-state index in [0.717, 1.165) is 24.8 Å². The molecular formula is C42H56FN6O7P. The maximum absolute atomic E-state index is 14.7. The van der Waals surface area contributed by atoms with Crippen molar-refractivity contribution in [2.45, 2.75) is 127 Å². The third-order valence-electron chi connectivity index (χ3n) is 10.1. The lowest BCUT2D eigenvalue weighted by molar-refractivity contribution is -0.146. The predicted molar refractivity (Wildman–Crippen MR) is 216 cm³/mol. The van der Waals surface area contributed by atoms with Crippen molar-refractivity contribution in [3.8, 4) is 18.1 Å². The summed E-state index contributed by atoms with van der Waals surface area (Å²) in [7, 11) is -4.47. The van der Waals surface area contributed by atoms with Gasteiger partial charge in [0.25, 0.3) is 0 Å². The quantitative estimate of drug-likeness (QED) is 0.0193. The van der Waals surface area contributed by atoms with Gasteiger partial charge in [0.1, 0.15) is 30.7 Å². The zero-order chi connectivity index (χ0) is 40.5. The molecule has 0 spiro atoms. The summed E-state index contributed by atoms with van der Waals surface area (Å²) < 4.78 is 54.0. The molecule has 1 fully saturated rings. The molecule has 2 aromatic heterocycles. The molecule has 0 amide bonds. The van der Waals surface area contributed by atoms with Gasteiger partial charge in [-0.3, -0.25) is 13.9 Å². The number of terminal acetylenes is 1. The first-order valence-electron chi connectivity index (χ1n) is 20.1. The average molecular weight is 807 g/mol. The van der Waals surface area contributed by atoms with Crippen molar-refractivity contribution in [2.75, 3.05) is 18.9 Å². The summed E-state index contributed by atoms with van der Waals surface area (Å²) in [6.45, 7) is 1.83. The number of benzene rings is 2. The van der Waals surface area contributed by atoms with Crippen LogP contribution < -0.4 is 15.3 Å². The lowest BCUT2D eigenvalue weighted by Gasteiger charge is -2.30. The zero-order valence-corrected chi connectivity index (χ0v) is 33.7. The molecule has 57 heavy (non-hydrogen) atoms. The molecule has 5 rings (SSSR count). The number of carbonyl (C=O) groups is 1. The van der Waals surface area contributed by atoms with Gasteiger partial charge in [-0.15, -0.1) is 6.42 Å². The number of aromatic nitrogens is 4. The highest BCUT2D eigenvalue weighted by Crippen LogP contribution is 2.48. The first-order chi connectivity index (χ1) is 27.6. The van der Waals surface area contributed by atoms with Gasteiger partial charge in [0.15, 0.2) is 22.6 Å². The largest absolute Gasteiger partial charge is 0.465 e. The number of anilines is 1. The number of nitrogens with one attached hydrogen (secondary N) is 1. The second kappa shape index (κ2) is 22.0. The highest BCUT2D eigenvalue weighted by atomic mass is 31.2. The van der Waals surface area contributed by atoms with Gasteiger partial charge < -0.3 is 24.8 Å².